The van der Waals surface area contributed by atoms with Crippen LogP contribution in [0.2, 0.25) is 0 Å². The normalized spacial score (nSPS) is 24.8. The van der Waals surface area contributed by atoms with E-state index in [1.165, 1.54) is 51.9 Å². The summed E-state index contributed by atoms with van der Waals surface area (Å²) in [6, 6.07) is 9.22. The number of hydrogen-bond acceptors (Lipinski definition) is 5. The van der Waals surface area contributed by atoms with Gasteiger partial charge in [0.25, 0.3) is 0 Å². The van der Waals surface area contributed by atoms with Crippen molar-refractivity contribution in [2.24, 2.45) is 0 Å². The first-order chi connectivity index (χ1) is 13.1. The van der Waals surface area contributed by atoms with Gasteiger partial charge in [-0.3, -0.25) is 9.58 Å². The molecule has 0 bridgehead atoms. The third kappa shape index (κ3) is 3.96. The van der Waals surface area contributed by atoms with Gasteiger partial charge in [0.05, 0.1) is 24.5 Å². The minimum Gasteiger partial charge on any atom is -0.495 e. The number of nitrogens with zero attached hydrogens (tertiary/aromatic N) is 4. The van der Waals surface area contributed by atoms with Gasteiger partial charge in [-0.25, -0.2) is 0 Å². The Labute approximate surface area is 161 Å². The van der Waals surface area contributed by atoms with Gasteiger partial charge in [-0.15, -0.1) is 0 Å². The van der Waals surface area contributed by atoms with Crippen LogP contribution in [0.15, 0.2) is 30.5 Å². The van der Waals surface area contributed by atoms with Gasteiger partial charge < -0.3 is 15.4 Å². The molecule has 1 saturated heterocycles. The average molecular weight is 370 g/mol. The molecule has 1 aromatic carbocycles. The molecule has 1 aromatic heterocycles. The molecule has 0 radical (unpaired) electrons. The van der Waals surface area contributed by atoms with Crippen molar-refractivity contribution in [1.82, 2.24) is 19.6 Å². The number of methoxy groups -OCH3 is 1. The first-order valence-electron chi connectivity index (χ1n) is 10.1. The van der Waals surface area contributed by atoms with Gasteiger partial charge in [-0.1, -0.05) is 6.07 Å². The van der Waals surface area contributed by atoms with E-state index >= 15 is 0 Å². The predicted molar refractivity (Wildman–Crippen MR) is 109 cm³/mol. The number of nitrogens with two attached hydrogens (primary N) is 1. The van der Waals surface area contributed by atoms with Crippen LogP contribution >= 0.6 is 0 Å². The summed E-state index contributed by atoms with van der Waals surface area (Å²) in [7, 11) is 3.87. The van der Waals surface area contributed by atoms with Crippen LogP contribution in [0.25, 0.3) is 11.3 Å². The minimum absolute atomic E-state index is 0.512. The molecule has 6 nitrogen and oxygen atoms in total. The largest absolute Gasteiger partial charge is 0.495 e. The first kappa shape index (κ1) is 18.3. The van der Waals surface area contributed by atoms with Crippen LogP contribution in [0, 0.1) is 0 Å². The summed E-state index contributed by atoms with van der Waals surface area (Å²) in [6.45, 7) is 4.84. The predicted octanol–water partition coefficient (Wildman–Crippen LogP) is 2.87. The first-order valence-corrected chi connectivity index (χ1v) is 10.1. The SMILES string of the molecule is COc1cc(-c2ccn([C@H]3CC[C@H](N4CCN(C)CC4)CC3)n2)ccc1N. The second-order valence-electron chi connectivity index (χ2n) is 7.94. The summed E-state index contributed by atoms with van der Waals surface area (Å²) < 4.78 is 7.50. The molecule has 1 saturated carbocycles. The molecule has 4 rings (SSSR count). The lowest BCUT2D eigenvalue weighted by Gasteiger charge is -2.41. The highest BCUT2D eigenvalue weighted by Gasteiger charge is 2.28. The van der Waals surface area contributed by atoms with Gasteiger partial charge in [0.1, 0.15) is 5.75 Å². The second-order valence-corrected chi connectivity index (χ2v) is 7.94. The lowest BCUT2D eigenvalue weighted by molar-refractivity contribution is 0.0811. The number of hydrogen-bond donors (Lipinski definition) is 1. The molecule has 27 heavy (non-hydrogen) atoms. The Balaban J connectivity index is 1.38. The van der Waals surface area contributed by atoms with Crippen LogP contribution in [0.1, 0.15) is 31.7 Å². The summed E-state index contributed by atoms with van der Waals surface area (Å²) >= 11 is 0. The molecule has 1 aliphatic carbocycles. The third-order valence-electron chi connectivity index (χ3n) is 6.23. The van der Waals surface area contributed by atoms with Gasteiger partial charge in [-0.2, -0.15) is 5.10 Å². The number of nitrogen functional groups attached to an aromatic ring is 1. The van der Waals surface area contributed by atoms with Crippen LogP contribution in [-0.2, 0) is 0 Å². The van der Waals surface area contributed by atoms with Crippen molar-refractivity contribution in [2.45, 2.75) is 37.8 Å². The molecule has 146 valence electrons. The standard InChI is InChI=1S/C21H31N5O/c1-24-11-13-25(14-12-24)17-4-6-18(7-5-17)26-10-9-20(23-26)16-3-8-19(22)21(15-16)27-2/h3,8-10,15,17-18H,4-7,11-14,22H2,1-2H3/t17-,18-. The maximum Gasteiger partial charge on any atom is 0.142 e. The summed E-state index contributed by atoms with van der Waals surface area (Å²) in [5, 5.41) is 4.86. The van der Waals surface area contributed by atoms with E-state index in [4.69, 9.17) is 15.6 Å². The fourth-order valence-corrected chi connectivity index (χ4v) is 4.44. The Morgan fingerprint density at radius 2 is 1.70 bits per heavy atom. The number of aromatic nitrogens is 2. The topological polar surface area (TPSA) is 59.5 Å². The third-order valence-corrected chi connectivity index (χ3v) is 6.23. The fourth-order valence-electron chi connectivity index (χ4n) is 4.44. The van der Waals surface area contributed by atoms with Gasteiger partial charge >= 0.3 is 0 Å². The molecule has 2 aliphatic rings. The van der Waals surface area contributed by atoms with Gasteiger partial charge in [0.15, 0.2) is 0 Å². The van der Waals surface area contributed by atoms with Crippen molar-refractivity contribution in [3.8, 4) is 17.0 Å². The molecular formula is C21H31N5O. The van der Waals surface area contributed by atoms with E-state index in [9.17, 15) is 0 Å². The summed E-state index contributed by atoms with van der Waals surface area (Å²) in [5.41, 5.74) is 8.61. The molecule has 0 atom stereocenters. The smallest absolute Gasteiger partial charge is 0.142 e. The van der Waals surface area contributed by atoms with Crippen molar-refractivity contribution >= 4 is 5.69 Å². The Morgan fingerprint density at radius 1 is 1.00 bits per heavy atom. The molecule has 2 aromatic rings. The second kappa shape index (κ2) is 7.90. The number of rotatable bonds is 4. The zero-order valence-corrected chi connectivity index (χ0v) is 16.5. The van der Waals surface area contributed by atoms with Crippen LogP contribution in [-0.4, -0.2) is 66.0 Å². The number of piperazine rings is 1. The highest BCUT2D eigenvalue weighted by Crippen LogP contribution is 2.33. The number of ether oxygens (including phenoxy) is 1. The molecule has 2 fully saturated rings. The van der Waals surface area contributed by atoms with E-state index in [0.29, 0.717) is 17.5 Å². The number of benzene rings is 1. The zero-order valence-electron chi connectivity index (χ0n) is 16.5. The molecule has 0 unspecified atom stereocenters. The summed E-state index contributed by atoms with van der Waals surface area (Å²) in [4.78, 5) is 5.13. The van der Waals surface area contributed by atoms with Crippen LogP contribution in [0.3, 0.4) is 0 Å². The van der Waals surface area contributed by atoms with E-state index < -0.39 is 0 Å². The fraction of sp³-hybridized carbons (Fsp3) is 0.571. The molecule has 1 aliphatic heterocycles. The maximum absolute atomic E-state index is 5.92. The van der Waals surface area contributed by atoms with E-state index in [2.05, 4.69) is 33.8 Å². The molecule has 6 heteroatoms. The minimum atomic E-state index is 0.512. The van der Waals surface area contributed by atoms with E-state index in [1.807, 2.05) is 18.2 Å². The van der Waals surface area contributed by atoms with Crippen LogP contribution in [0.4, 0.5) is 5.69 Å². The Bertz CT molecular complexity index is 758. The van der Waals surface area contributed by atoms with Gasteiger partial charge in [0.2, 0.25) is 0 Å². The van der Waals surface area contributed by atoms with Crippen molar-refractivity contribution in [3.63, 3.8) is 0 Å². The summed E-state index contributed by atoms with van der Waals surface area (Å²) in [6.07, 6.45) is 7.10. The van der Waals surface area contributed by atoms with Gasteiger partial charge in [-0.05, 0) is 50.9 Å². The highest BCUT2D eigenvalue weighted by molar-refractivity contribution is 5.67. The lowest BCUT2D eigenvalue weighted by atomic mass is 9.90. The maximum atomic E-state index is 5.92. The van der Waals surface area contributed by atoms with Crippen molar-refractivity contribution in [1.29, 1.82) is 0 Å². The number of likely N-dealkylation sites (N-methyl/N-ethyl adjacent to an activating group) is 1. The highest BCUT2D eigenvalue weighted by atomic mass is 16.5. The van der Waals surface area contributed by atoms with Crippen LogP contribution < -0.4 is 10.5 Å². The Morgan fingerprint density at radius 3 is 2.41 bits per heavy atom. The zero-order chi connectivity index (χ0) is 18.8. The summed E-state index contributed by atoms with van der Waals surface area (Å²) in [5.74, 6) is 0.703. The molecule has 0 spiro atoms. The van der Waals surface area contributed by atoms with Gasteiger partial charge in [0, 0.05) is 44.0 Å². The van der Waals surface area contributed by atoms with E-state index in [-0.39, 0.29) is 0 Å². The van der Waals surface area contributed by atoms with Crippen LogP contribution in [0.5, 0.6) is 5.75 Å². The number of anilines is 1. The molecule has 0 amide bonds. The molecule has 2 heterocycles. The van der Waals surface area contributed by atoms with E-state index in [1.54, 1.807) is 7.11 Å². The van der Waals surface area contributed by atoms with Crippen molar-refractivity contribution in [2.75, 3.05) is 46.1 Å². The van der Waals surface area contributed by atoms with Crippen molar-refractivity contribution in [3.05, 3.63) is 30.5 Å². The van der Waals surface area contributed by atoms with E-state index in [0.717, 1.165) is 17.3 Å². The lowest BCUT2D eigenvalue weighted by Crippen LogP contribution is -2.49. The quantitative estimate of drug-likeness (QED) is 0.840. The molecule has 2 N–H and O–H groups in total. The van der Waals surface area contributed by atoms with Crippen molar-refractivity contribution < 1.29 is 4.74 Å². The monoisotopic (exact) mass is 369 g/mol. The Kier molecular flexibility index (Phi) is 5.36. The molecular weight excluding hydrogens is 338 g/mol. The Hall–Kier alpha value is -2.05. The average Bonchev–Trinajstić information content (AvgIpc) is 3.19.